The molecule has 0 atom stereocenters. The number of rotatable bonds is 7. The molecule has 1 aromatic carbocycles. The molecule has 2 nitrogen and oxygen atoms in total. The lowest BCUT2D eigenvalue weighted by atomic mass is 10.0. The van der Waals surface area contributed by atoms with Crippen molar-refractivity contribution >= 4 is 43.9 Å². The molecule has 0 aliphatic heterocycles. The molecule has 0 saturated carbocycles. The van der Waals surface area contributed by atoms with Crippen molar-refractivity contribution in [1.82, 2.24) is 0 Å². The fraction of sp³-hybridized carbons (Fsp3) is 0.400. The SMILES string of the molecule is CCOC(=O)CCCCc1cccc(C=C(Br)Br)c1. The summed E-state index contributed by atoms with van der Waals surface area (Å²) in [7, 11) is 0. The molecule has 0 aliphatic rings. The van der Waals surface area contributed by atoms with Crippen LogP contribution in [-0.2, 0) is 16.0 Å². The molecular formula is C15H18Br2O2. The van der Waals surface area contributed by atoms with Gasteiger partial charge in [-0.05, 0) is 75.2 Å². The van der Waals surface area contributed by atoms with Crippen molar-refractivity contribution in [3.8, 4) is 0 Å². The molecule has 19 heavy (non-hydrogen) atoms. The average molecular weight is 390 g/mol. The van der Waals surface area contributed by atoms with Crippen molar-refractivity contribution in [2.75, 3.05) is 6.61 Å². The van der Waals surface area contributed by atoms with Crippen molar-refractivity contribution in [2.24, 2.45) is 0 Å². The van der Waals surface area contributed by atoms with E-state index >= 15 is 0 Å². The van der Waals surface area contributed by atoms with E-state index in [1.54, 1.807) is 0 Å². The highest BCUT2D eigenvalue weighted by atomic mass is 79.9. The second kappa shape index (κ2) is 9.32. The second-order valence-corrected chi connectivity index (χ2v) is 6.96. The normalized spacial score (nSPS) is 10.1. The Balaban J connectivity index is 2.37. The Hall–Kier alpha value is -0.610. The van der Waals surface area contributed by atoms with Crippen LogP contribution in [0.2, 0.25) is 0 Å². The van der Waals surface area contributed by atoms with Crippen molar-refractivity contribution in [3.63, 3.8) is 0 Å². The first-order valence-electron chi connectivity index (χ1n) is 6.39. The smallest absolute Gasteiger partial charge is 0.305 e. The predicted octanol–water partition coefficient (Wildman–Crippen LogP) is 5.05. The molecule has 1 rings (SSSR count). The zero-order valence-corrected chi connectivity index (χ0v) is 14.2. The van der Waals surface area contributed by atoms with Crippen LogP contribution in [0.5, 0.6) is 0 Å². The molecule has 0 bridgehead atoms. The van der Waals surface area contributed by atoms with Gasteiger partial charge in [-0.1, -0.05) is 24.3 Å². The maximum atomic E-state index is 11.2. The van der Waals surface area contributed by atoms with Crippen LogP contribution in [-0.4, -0.2) is 12.6 Å². The summed E-state index contributed by atoms with van der Waals surface area (Å²) in [6, 6.07) is 8.39. The van der Waals surface area contributed by atoms with Gasteiger partial charge in [-0.15, -0.1) is 0 Å². The van der Waals surface area contributed by atoms with Crippen molar-refractivity contribution in [1.29, 1.82) is 0 Å². The molecule has 104 valence electrons. The van der Waals surface area contributed by atoms with Crippen LogP contribution in [0.1, 0.15) is 37.3 Å². The number of hydrogen-bond donors (Lipinski definition) is 0. The fourth-order valence-electron chi connectivity index (χ4n) is 1.80. The first-order valence-corrected chi connectivity index (χ1v) is 7.97. The van der Waals surface area contributed by atoms with Crippen LogP contribution in [0.15, 0.2) is 27.7 Å². The molecule has 0 heterocycles. The van der Waals surface area contributed by atoms with Gasteiger partial charge in [0.25, 0.3) is 0 Å². The summed E-state index contributed by atoms with van der Waals surface area (Å²) in [5, 5.41) is 0. The molecule has 0 N–H and O–H groups in total. The van der Waals surface area contributed by atoms with Gasteiger partial charge in [0.1, 0.15) is 0 Å². The first kappa shape index (κ1) is 16.4. The minimum Gasteiger partial charge on any atom is -0.466 e. The van der Waals surface area contributed by atoms with Gasteiger partial charge in [-0.2, -0.15) is 0 Å². The molecule has 0 radical (unpaired) electrons. The maximum absolute atomic E-state index is 11.2. The molecule has 0 amide bonds. The van der Waals surface area contributed by atoms with E-state index in [9.17, 15) is 4.79 Å². The summed E-state index contributed by atoms with van der Waals surface area (Å²) in [6.07, 6.45) is 5.39. The third-order valence-electron chi connectivity index (χ3n) is 2.63. The Labute approximate surface area is 131 Å². The Kier molecular flexibility index (Phi) is 8.07. The van der Waals surface area contributed by atoms with Crippen LogP contribution in [0.25, 0.3) is 6.08 Å². The lowest BCUT2D eigenvalue weighted by Crippen LogP contribution is -2.03. The molecule has 0 saturated heterocycles. The van der Waals surface area contributed by atoms with E-state index in [-0.39, 0.29) is 5.97 Å². The van der Waals surface area contributed by atoms with Gasteiger partial charge in [0.05, 0.1) is 10.00 Å². The number of halogens is 2. The monoisotopic (exact) mass is 388 g/mol. The van der Waals surface area contributed by atoms with E-state index in [1.807, 2.05) is 13.0 Å². The Morgan fingerprint density at radius 3 is 2.79 bits per heavy atom. The molecule has 0 aromatic heterocycles. The highest BCUT2D eigenvalue weighted by Crippen LogP contribution is 2.19. The van der Waals surface area contributed by atoms with Gasteiger partial charge in [0.2, 0.25) is 0 Å². The minimum absolute atomic E-state index is 0.0950. The Morgan fingerprint density at radius 1 is 1.32 bits per heavy atom. The van der Waals surface area contributed by atoms with Crippen LogP contribution < -0.4 is 0 Å². The largest absolute Gasteiger partial charge is 0.466 e. The van der Waals surface area contributed by atoms with E-state index in [2.05, 4.69) is 56.1 Å². The Morgan fingerprint density at radius 2 is 2.11 bits per heavy atom. The van der Waals surface area contributed by atoms with Gasteiger partial charge < -0.3 is 4.74 Å². The summed E-state index contributed by atoms with van der Waals surface area (Å²) >= 11 is 6.71. The first-order chi connectivity index (χ1) is 9.11. The quantitative estimate of drug-likeness (QED) is 0.481. The van der Waals surface area contributed by atoms with Gasteiger partial charge in [0.15, 0.2) is 0 Å². The zero-order chi connectivity index (χ0) is 14.1. The number of esters is 1. The van der Waals surface area contributed by atoms with Gasteiger partial charge in [0, 0.05) is 6.42 Å². The lowest BCUT2D eigenvalue weighted by molar-refractivity contribution is -0.143. The third-order valence-corrected chi connectivity index (χ3v) is 3.09. The number of benzene rings is 1. The molecule has 0 unspecified atom stereocenters. The van der Waals surface area contributed by atoms with Gasteiger partial charge >= 0.3 is 5.97 Å². The van der Waals surface area contributed by atoms with Crippen molar-refractivity contribution in [2.45, 2.75) is 32.6 Å². The summed E-state index contributed by atoms with van der Waals surface area (Å²) in [5.41, 5.74) is 2.45. The molecule has 0 fully saturated rings. The van der Waals surface area contributed by atoms with Crippen LogP contribution >= 0.6 is 31.9 Å². The Bertz CT molecular complexity index is 438. The van der Waals surface area contributed by atoms with Crippen molar-refractivity contribution in [3.05, 3.63) is 38.8 Å². The number of carbonyl (C=O) groups is 1. The summed E-state index contributed by atoms with van der Waals surface area (Å²) < 4.78 is 5.83. The molecule has 0 aliphatic carbocycles. The maximum Gasteiger partial charge on any atom is 0.305 e. The number of unbranched alkanes of at least 4 members (excludes halogenated alkanes) is 1. The summed E-state index contributed by atoms with van der Waals surface area (Å²) in [6.45, 7) is 2.30. The summed E-state index contributed by atoms with van der Waals surface area (Å²) in [4.78, 5) is 11.2. The molecule has 1 aromatic rings. The standard InChI is InChI=1S/C15H18Br2O2/c1-2-19-15(18)9-4-3-6-12-7-5-8-13(10-12)11-14(16)17/h5,7-8,10-11H,2-4,6,9H2,1H3. The summed E-state index contributed by atoms with van der Waals surface area (Å²) in [5.74, 6) is -0.0950. The van der Waals surface area contributed by atoms with Gasteiger partial charge in [-0.25, -0.2) is 0 Å². The second-order valence-electron chi connectivity index (χ2n) is 4.19. The van der Waals surface area contributed by atoms with Crippen LogP contribution in [0.4, 0.5) is 0 Å². The van der Waals surface area contributed by atoms with Crippen LogP contribution in [0, 0.1) is 0 Å². The fourth-order valence-corrected chi connectivity index (χ4v) is 2.32. The highest BCUT2D eigenvalue weighted by Gasteiger charge is 2.01. The lowest BCUT2D eigenvalue weighted by Gasteiger charge is -2.04. The highest BCUT2D eigenvalue weighted by molar-refractivity contribution is 9.28. The van der Waals surface area contributed by atoms with E-state index in [4.69, 9.17) is 4.74 Å². The van der Waals surface area contributed by atoms with Crippen molar-refractivity contribution < 1.29 is 9.53 Å². The third kappa shape index (κ3) is 7.53. The number of aryl methyl sites for hydroxylation is 1. The predicted molar refractivity (Wildman–Crippen MR) is 86.5 cm³/mol. The minimum atomic E-state index is -0.0950. The molecular weight excluding hydrogens is 372 g/mol. The van der Waals surface area contributed by atoms with E-state index < -0.39 is 0 Å². The number of carbonyl (C=O) groups excluding carboxylic acids is 1. The number of hydrogen-bond acceptors (Lipinski definition) is 2. The van der Waals surface area contributed by atoms with Crippen LogP contribution in [0.3, 0.4) is 0 Å². The topological polar surface area (TPSA) is 26.3 Å². The molecule has 4 heteroatoms. The number of ether oxygens (including phenoxy) is 1. The average Bonchev–Trinajstić information content (AvgIpc) is 2.35. The van der Waals surface area contributed by atoms with E-state index in [0.29, 0.717) is 13.0 Å². The van der Waals surface area contributed by atoms with Gasteiger partial charge in [-0.3, -0.25) is 4.79 Å². The van der Waals surface area contributed by atoms with E-state index in [1.165, 1.54) is 5.56 Å². The molecule has 0 spiro atoms. The van der Waals surface area contributed by atoms with E-state index in [0.717, 1.165) is 28.2 Å². The zero-order valence-electron chi connectivity index (χ0n) is 11.0.